The zero-order valence-corrected chi connectivity index (χ0v) is 10.4. The minimum atomic E-state index is 0.671. The maximum Gasteiger partial charge on any atom is 0.0992 e. The van der Waals surface area contributed by atoms with Crippen LogP contribution in [0.25, 0.3) is 10.9 Å². The summed E-state index contributed by atoms with van der Waals surface area (Å²) in [5, 5.41) is 13.5. The van der Waals surface area contributed by atoms with Gasteiger partial charge in [-0.2, -0.15) is 5.26 Å². The molecule has 0 spiro atoms. The van der Waals surface area contributed by atoms with Crippen LogP contribution in [0.3, 0.4) is 0 Å². The van der Waals surface area contributed by atoms with Gasteiger partial charge in [-0.05, 0) is 35.9 Å². The lowest BCUT2D eigenvalue weighted by Gasteiger charge is -2.08. The van der Waals surface area contributed by atoms with Crippen molar-refractivity contribution < 1.29 is 0 Å². The van der Waals surface area contributed by atoms with Gasteiger partial charge in [0.1, 0.15) is 0 Å². The van der Waals surface area contributed by atoms with Crippen LogP contribution in [0.4, 0.5) is 5.69 Å². The van der Waals surface area contributed by atoms with Crippen molar-refractivity contribution >= 4 is 16.6 Å². The normalized spacial score (nSPS) is 10.3. The number of nitrogens with zero attached hydrogens (tertiary/aromatic N) is 1. The van der Waals surface area contributed by atoms with Gasteiger partial charge < -0.3 is 10.3 Å². The molecule has 0 radical (unpaired) electrons. The number of hydrogen-bond acceptors (Lipinski definition) is 2. The van der Waals surface area contributed by atoms with Crippen molar-refractivity contribution in [3.63, 3.8) is 0 Å². The average Bonchev–Trinajstić information content (AvgIpc) is 2.94. The van der Waals surface area contributed by atoms with Crippen molar-refractivity contribution in [1.29, 1.82) is 5.26 Å². The first kappa shape index (κ1) is 11.4. The third kappa shape index (κ3) is 2.29. The fourth-order valence-electron chi connectivity index (χ4n) is 2.20. The molecule has 1 heterocycles. The number of aromatic nitrogens is 1. The lowest BCUT2D eigenvalue weighted by atomic mass is 10.1. The van der Waals surface area contributed by atoms with E-state index in [-0.39, 0.29) is 0 Å². The van der Waals surface area contributed by atoms with Gasteiger partial charge >= 0.3 is 0 Å². The van der Waals surface area contributed by atoms with Gasteiger partial charge in [-0.1, -0.05) is 18.2 Å². The Hall–Kier alpha value is -2.73. The molecule has 0 atom stereocenters. The van der Waals surface area contributed by atoms with E-state index in [2.05, 4.69) is 34.6 Å². The molecule has 3 nitrogen and oxygen atoms in total. The van der Waals surface area contributed by atoms with Gasteiger partial charge in [0, 0.05) is 29.3 Å². The van der Waals surface area contributed by atoms with Crippen LogP contribution in [-0.2, 0) is 6.54 Å². The Balaban J connectivity index is 1.82. The summed E-state index contributed by atoms with van der Waals surface area (Å²) in [7, 11) is 0. The van der Waals surface area contributed by atoms with Crippen molar-refractivity contribution in [3.05, 3.63) is 65.9 Å². The first-order chi connectivity index (χ1) is 9.36. The zero-order valence-electron chi connectivity index (χ0n) is 10.4. The Morgan fingerprint density at radius 2 is 2.00 bits per heavy atom. The molecule has 3 heteroatoms. The van der Waals surface area contributed by atoms with Gasteiger partial charge in [0.25, 0.3) is 0 Å². The number of nitrogens with one attached hydrogen (secondary N) is 2. The number of hydrogen-bond donors (Lipinski definition) is 2. The minimum absolute atomic E-state index is 0.671. The maximum atomic E-state index is 8.88. The van der Waals surface area contributed by atoms with Gasteiger partial charge in [0.15, 0.2) is 0 Å². The smallest absolute Gasteiger partial charge is 0.0992 e. The summed E-state index contributed by atoms with van der Waals surface area (Å²) in [6.07, 6.45) is 1.95. The first-order valence-electron chi connectivity index (χ1n) is 6.16. The molecular weight excluding hydrogens is 234 g/mol. The molecule has 19 heavy (non-hydrogen) atoms. The molecule has 0 amide bonds. The molecule has 0 aliphatic rings. The first-order valence-corrected chi connectivity index (χ1v) is 6.16. The fourth-order valence-corrected chi connectivity index (χ4v) is 2.20. The van der Waals surface area contributed by atoms with Crippen LogP contribution in [0.5, 0.6) is 0 Å². The summed E-state index contributed by atoms with van der Waals surface area (Å²) in [6, 6.07) is 18.0. The van der Waals surface area contributed by atoms with Crippen LogP contribution in [0.1, 0.15) is 11.1 Å². The average molecular weight is 247 g/mol. The summed E-state index contributed by atoms with van der Waals surface area (Å²) in [5.74, 6) is 0. The molecule has 92 valence electrons. The molecule has 0 fully saturated rings. The number of fused-ring (bicyclic) bond motifs is 1. The maximum absolute atomic E-state index is 8.88. The Labute approximate surface area is 111 Å². The molecule has 3 rings (SSSR count). The molecule has 0 bridgehead atoms. The molecule has 0 aliphatic heterocycles. The number of nitriles is 1. The van der Waals surface area contributed by atoms with E-state index in [1.807, 2.05) is 30.5 Å². The lowest BCUT2D eigenvalue weighted by Crippen LogP contribution is -1.99. The SMILES string of the molecule is N#Cc1cccc(NCc2cccc3[nH]ccc23)c1. The van der Waals surface area contributed by atoms with Crippen molar-refractivity contribution in [2.45, 2.75) is 6.54 Å². The van der Waals surface area contributed by atoms with E-state index in [9.17, 15) is 0 Å². The van der Waals surface area contributed by atoms with Crippen LogP contribution in [-0.4, -0.2) is 4.98 Å². The Kier molecular flexibility index (Phi) is 2.91. The second kappa shape index (κ2) is 4.87. The Morgan fingerprint density at radius 1 is 1.11 bits per heavy atom. The number of anilines is 1. The summed E-state index contributed by atoms with van der Waals surface area (Å²) in [5.41, 5.74) is 4.02. The molecule has 2 N–H and O–H groups in total. The van der Waals surface area contributed by atoms with Gasteiger partial charge in [0.05, 0.1) is 11.6 Å². The monoisotopic (exact) mass is 247 g/mol. The highest BCUT2D eigenvalue weighted by atomic mass is 14.9. The fraction of sp³-hybridized carbons (Fsp3) is 0.0625. The van der Waals surface area contributed by atoms with E-state index < -0.39 is 0 Å². The van der Waals surface area contributed by atoms with Crippen LogP contribution < -0.4 is 5.32 Å². The molecule has 2 aromatic carbocycles. The predicted octanol–water partition coefficient (Wildman–Crippen LogP) is 3.65. The topological polar surface area (TPSA) is 51.6 Å². The highest BCUT2D eigenvalue weighted by Gasteiger charge is 2.01. The van der Waals surface area contributed by atoms with Crippen molar-refractivity contribution in [1.82, 2.24) is 4.98 Å². The van der Waals surface area contributed by atoms with Crippen molar-refractivity contribution in [3.8, 4) is 6.07 Å². The number of rotatable bonds is 3. The molecule has 3 aromatic rings. The third-order valence-corrected chi connectivity index (χ3v) is 3.16. The lowest BCUT2D eigenvalue weighted by molar-refractivity contribution is 1.17. The second-order valence-corrected chi connectivity index (χ2v) is 4.40. The van der Waals surface area contributed by atoms with Crippen LogP contribution in [0, 0.1) is 11.3 Å². The Bertz CT molecular complexity index is 750. The molecular formula is C16H13N3. The van der Waals surface area contributed by atoms with E-state index >= 15 is 0 Å². The van der Waals surface area contributed by atoms with E-state index in [0.717, 1.165) is 17.7 Å². The standard InChI is InChI=1S/C16H13N3/c17-10-12-3-1-5-14(9-12)19-11-13-4-2-6-16-15(13)7-8-18-16/h1-9,18-19H,11H2. The molecule has 0 saturated heterocycles. The number of aromatic amines is 1. The van der Waals surface area contributed by atoms with Crippen LogP contribution in [0.15, 0.2) is 54.7 Å². The van der Waals surface area contributed by atoms with Gasteiger partial charge in [-0.25, -0.2) is 0 Å². The van der Waals surface area contributed by atoms with Crippen molar-refractivity contribution in [2.24, 2.45) is 0 Å². The highest BCUT2D eigenvalue weighted by Crippen LogP contribution is 2.19. The van der Waals surface area contributed by atoms with Gasteiger partial charge in [-0.15, -0.1) is 0 Å². The largest absolute Gasteiger partial charge is 0.381 e. The zero-order chi connectivity index (χ0) is 13.1. The summed E-state index contributed by atoms with van der Waals surface area (Å²) in [6.45, 7) is 0.740. The summed E-state index contributed by atoms with van der Waals surface area (Å²) >= 11 is 0. The van der Waals surface area contributed by atoms with E-state index in [4.69, 9.17) is 5.26 Å². The Morgan fingerprint density at radius 3 is 2.89 bits per heavy atom. The van der Waals surface area contributed by atoms with Gasteiger partial charge in [-0.3, -0.25) is 0 Å². The summed E-state index contributed by atoms with van der Waals surface area (Å²) < 4.78 is 0. The molecule has 1 aromatic heterocycles. The molecule has 0 saturated carbocycles. The van der Waals surface area contributed by atoms with Crippen LogP contribution >= 0.6 is 0 Å². The third-order valence-electron chi connectivity index (χ3n) is 3.16. The number of H-pyrrole nitrogens is 1. The predicted molar refractivity (Wildman–Crippen MR) is 76.8 cm³/mol. The molecule has 0 aliphatic carbocycles. The molecule has 0 unspecified atom stereocenters. The van der Waals surface area contributed by atoms with Crippen molar-refractivity contribution in [2.75, 3.05) is 5.32 Å². The number of benzene rings is 2. The highest BCUT2D eigenvalue weighted by molar-refractivity contribution is 5.83. The van der Waals surface area contributed by atoms with E-state index in [1.165, 1.54) is 10.9 Å². The minimum Gasteiger partial charge on any atom is -0.381 e. The van der Waals surface area contributed by atoms with E-state index in [0.29, 0.717) is 5.56 Å². The van der Waals surface area contributed by atoms with E-state index in [1.54, 1.807) is 6.07 Å². The summed E-state index contributed by atoms with van der Waals surface area (Å²) in [4.78, 5) is 3.21. The van der Waals surface area contributed by atoms with Gasteiger partial charge in [0.2, 0.25) is 0 Å². The quantitative estimate of drug-likeness (QED) is 0.742. The van der Waals surface area contributed by atoms with Crippen LogP contribution in [0.2, 0.25) is 0 Å². The second-order valence-electron chi connectivity index (χ2n) is 4.40.